The lowest BCUT2D eigenvalue weighted by Gasteiger charge is -2.39. The van der Waals surface area contributed by atoms with Crippen LogP contribution in [0, 0.1) is 5.92 Å². The molecule has 0 aliphatic carbocycles. The highest BCUT2D eigenvalue weighted by atomic mass is 16.7. The Labute approximate surface area is 146 Å². The summed E-state index contributed by atoms with van der Waals surface area (Å²) in [5, 5.41) is 0. The Hall–Kier alpha value is -1.86. The van der Waals surface area contributed by atoms with Crippen LogP contribution < -0.4 is 0 Å². The summed E-state index contributed by atoms with van der Waals surface area (Å²) in [5.41, 5.74) is 0. The fraction of sp³-hybridized carbons (Fsp3) is 0.667. The minimum absolute atomic E-state index is 0.0108. The average molecular weight is 348 g/mol. The van der Waals surface area contributed by atoms with Crippen molar-refractivity contribution in [3.8, 4) is 0 Å². The van der Waals surface area contributed by atoms with Gasteiger partial charge in [-0.25, -0.2) is 0 Å². The van der Waals surface area contributed by atoms with E-state index in [9.17, 15) is 9.59 Å². The number of amides is 2. The molecule has 2 amide bonds. The summed E-state index contributed by atoms with van der Waals surface area (Å²) in [6, 6.07) is 3.62. The van der Waals surface area contributed by atoms with Crippen molar-refractivity contribution in [2.75, 3.05) is 26.3 Å². The number of likely N-dealkylation sites (tertiary alicyclic amines) is 2. The van der Waals surface area contributed by atoms with E-state index in [0.29, 0.717) is 26.3 Å². The number of carbonyl (C=O) groups is 2. The van der Waals surface area contributed by atoms with Gasteiger partial charge in [-0.1, -0.05) is 0 Å². The van der Waals surface area contributed by atoms with Gasteiger partial charge in [-0.15, -0.1) is 0 Å². The Morgan fingerprint density at radius 2 is 2.08 bits per heavy atom. The highest BCUT2D eigenvalue weighted by Crippen LogP contribution is 2.29. The van der Waals surface area contributed by atoms with Crippen LogP contribution in [0.2, 0.25) is 0 Å². The van der Waals surface area contributed by atoms with E-state index < -0.39 is 0 Å². The molecule has 3 saturated heterocycles. The van der Waals surface area contributed by atoms with E-state index in [1.54, 1.807) is 17.2 Å². The average Bonchev–Trinajstić information content (AvgIpc) is 3.38. The fourth-order valence-corrected chi connectivity index (χ4v) is 4.03. The second kappa shape index (κ2) is 7.17. The zero-order valence-electron chi connectivity index (χ0n) is 14.3. The molecule has 0 N–H and O–H groups in total. The third-order valence-electron chi connectivity index (χ3n) is 5.28. The maximum atomic E-state index is 13.1. The first-order chi connectivity index (χ1) is 12.2. The van der Waals surface area contributed by atoms with Crippen molar-refractivity contribution in [2.24, 2.45) is 5.92 Å². The van der Waals surface area contributed by atoms with Gasteiger partial charge in [0.2, 0.25) is 11.8 Å². The van der Waals surface area contributed by atoms with E-state index >= 15 is 0 Å². The van der Waals surface area contributed by atoms with Crippen molar-refractivity contribution >= 4 is 11.8 Å². The summed E-state index contributed by atoms with van der Waals surface area (Å²) in [6.07, 6.45) is 4.51. The summed E-state index contributed by atoms with van der Waals surface area (Å²) in [4.78, 5) is 29.0. The maximum absolute atomic E-state index is 13.1. The second-order valence-corrected chi connectivity index (χ2v) is 6.96. The Morgan fingerprint density at radius 3 is 2.84 bits per heavy atom. The van der Waals surface area contributed by atoms with E-state index in [2.05, 4.69) is 0 Å². The van der Waals surface area contributed by atoms with Crippen LogP contribution in [0.15, 0.2) is 22.8 Å². The lowest BCUT2D eigenvalue weighted by molar-refractivity contribution is -0.154. The molecule has 1 aromatic rings. The molecule has 0 radical (unpaired) electrons. The number of rotatable bonds is 4. The number of piperidine rings is 1. The van der Waals surface area contributed by atoms with Crippen LogP contribution >= 0.6 is 0 Å². The molecule has 25 heavy (non-hydrogen) atoms. The van der Waals surface area contributed by atoms with E-state index in [4.69, 9.17) is 13.9 Å². The minimum atomic E-state index is -0.319. The zero-order chi connectivity index (χ0) is 17.2. The Balaban J connectivity index is 1.41. The summed E-state index contributed by atoms with van der Waals surface area (Å²) in [5.74, 6) is 0.519. The molecule has 0 bridgehead atoms. The fourth-order valence-electron chi connectivity index (χ4n) is 4.03. The second-order valence-electron chi connectivity index (χ2n) is 6.96. The molecule has 3 aliphatic rings. The molecule has 0 spiro atoms. The van der Waals surface area contributed by atoms with E-state index in [1.807, 2.05) is 11.0 Å². The lowest BCUT2D eigenvalue weighted by atomic mass is 9.98. The van der Waals surface area contributed by atoms with Gasteiger partial charge in [-0.3, -0.25) is 9.59 Å². The van der Waals surface area contributed by atoms with Crippen LogP contribution in [0.1, 0.15) is 31.4 Å². The number of hydrogen-bond donors (Lipinski definition) is 0. The largest absolute Gasteiger partial charge is 0.467 e. The first-order valence-corrected chi connectivity index (χ1v) is 9.06. The standard InChI is InChI=1S/C18H24N2O5/c21-16-10-13(11-19(16)12-14-4-3-7-23-14)17(22)20-6-2-1-5-15(20)18-24-8-9-25-18/h3-4,7,13,15,18H,1-2,5-6,8-12H2. The SMILES string of the molecule is O=C1CC(C(=O)N2CCCCC2C2OCCO2)CN1Cc1ccco1. The van der Waals surface area contributed by atoms with Gasteiger partial charge in [0.1, 0.15) is 5.76 Å². The summed E-state index contributed by atoms with van der Waals surface area (Å²) < 4.78 is 16.6. The number of carbonyl (C=O) groups excluding carboxylic acids is 2. The molecule has 2 atom stereocenters. The third kappa shape index (κ3) is 3.43. The molecule has 7 nitrogen and oxygen atoms in total. The van der Waals surface area contributed by atoms with Crippen molar-refractivity contribution in [1.29, 1.82) is 0 Å². The summed E-state index contributed by atoms with van der Waals surface area (Å²) in [7, 11) is 0. The molecule has 2 unspecified atom stereocenters. The van der Waals surface area contributed by atoms with Crippen LogP contribution in [-0.2, 0) is 25.6 Å². The van der Waals surface area contributed by atoms with Crippen molar-refractivity contribution < 1.29 is 23.5 Å². The molecule has 0 saturated carbocycles. The first kappa shape index (κ1) is 16.6. The van der Waals surface area contributed by atoms with Crippen molar-refractivity contribution in [3.05, 3.63) is 24.2 Å². The van der Waals surface area contributed by atoms with Crippen LogP contribution in [0.4, 0.5) is 0 Å². The smallest absolute Gasteiger partial charge is 0.228 e. The van der Waals surface area contributed by atoms with Gasteiger partial charge < -0.3 is 23.7 Å². The predicted molar refractivity (Wildman–Crippen MR) is 87.3 cm³/mol. The van der Waals surface area contributed by atoms with Crippen molar-refractivity contribution in [2.45, 2.75) is 44.6 Å². The number of ether oxygens (including phenoxy) is 2. The van der Waals surface area contributed by atoms with Gasteiger partial charge in [0.05, 0.1) is 38.0 Å². The summed E-state index contributed by atoms with van der Waals surface area (Å²) in [6.45, 7) is 2.77. The first-order valence-electron chi connectivity index (χ1n) is 9.06. The van der Waals surface area contributed by atoms with Crippen LogP contribution in [0.5, 0.6) is 0 Å². The van der Waals surface area contributed by atoms with Gasteiger partial charge >= 0.3 is 0 Å². The maximum Gasteiger partial charge on any atom is 0.228 e. The number of furan rings is 1. The Kier molecular flexibility index (Phi) is 4.76. The molecule has 3 aliphatic heterocycles. The van der Waals surface area contributed by atoms with E-state index in [0.717, 1.165) is 31.6 Å². The topological polar surface area (TPSA) is 72.2 Å². The van der Waals surface area contributed by atoms with Crippen LogP contribution in [0.3, 0.4) is 0 Å². The van der Waals surface area contributed by atoms with E-state index in [-0.39, 0.29) is 36.5 Å². The predicted octanol–water partition coefficient (Wildman–Crippen LogP) is 1.38. The van der Waals surface area contributed by atoms with Gasteiger partial charge in [-0.05, 0) is 31.4 Å². The van der Waals surface area contributed by atoms with Gasteiger partial charge in [0.15, 0.2) is 6.29 Å². The van der Waals surface area contributed by atoms with Gasteiger partial charge in [-0.2, -0.15) is 0 Å². The molecular formula is C18H24N2O5. The molecular weight excluding hydrogens is 324 g/mol. The molecule has 4 rings (SSSR count). The molecule has 4 heterocycles. The molecule has 0 aromatic carbocycles. The quantitative estimate of drug-likeness (QED) is 0.822. The minimum Gasteiger partial charge on any atom is -0.467 e. The Bertz CT molecular complexity index is 611. The highest BCUT2D eigenvalue weighted by Gasteiger charge is 2.42. The molecule has 136 valence electrons. The van der Waals surface area contributed by atoms with Crippen molar-refractivity contribution in [3.63, 3.8) is 0 Å². The zero-order valence-corrected chi connectivity index (χ0v) is 14.3. The lowest BCUT2D eigenvalue weighted by Crippen LogP contribution is -2.52. The van der Waals surface area contributed by atoms with Crippen LogP contribution in [-0.4, -0.2) is 60.2 Å². The van der Waals surface area contributed by atoms with Crippen molar-refractivity contribution in [1.82, 2.24) is 9.80 Å². The van der Waals surface area contributed by atoms with E-state index in [1.165, 1.54) is 0 Å². The molecule has 1 aromatic heterocycles. The molecule has 7 heteroatoms. The Morgan fingerprint density at radius 1 is 1.24 bits per heavy atom. The molecule has 3 fully saturated rings. The van der Waals surface area contributed by atoms with Gasteiger partial charge in [0.25, 0.3) is 0 Å². The van der Waals surface area contributed by atoms with Gasteiger partial charge in [0, 0.05) is 19.5 Å². The number of hydrogen-bond acceptors (Lipinski definition) is 5. The normalized spacial score (nSPS) is 28.1. The highest BCUT2D eigenvalue weighted by molar-refractivity contribution is 5.89. The van der Waals surface area contributed by atoms with Crippen LogP contribution in [0.25, 0.3) is 0 Å². The monoisotopic (exact) mass is 348 g/mol. The third-order valence-corrected chi connectivity index (χ3v) is 5.28. The number of nitrogens with zero attached hydrogens (tertiary/aromatic N) is 2. The summed E-state index contributed by atoms with van der Waals surface area (Å²) >= 11 is 0.